The van der Waals surface area contributed by atoms with E-state index < -0.39 is 6.03 Å². The Morgan fingerprint density at radius 3 is 2.78 bits per heavy atom. The van der Waals surface area contributed by atoms with E-state index >= 15 is 0 Å². The van der Waals surface area contributed by atoms with E-state index in [0.717, 1.165) is 15.7 Å². The predicted octanol–water partition coefficient (Wildman–Crippen LogP) is 3.64. The van der Waals surface area contributed by atoms with Crippen LogP contribution in [-0.4, -0.2) is 28.8 Å². The number of hydrogen-bond acceptors (Lipinski definition) is 4. The summed E-state index contributed by atoms with van der Waals surface area (Å²) in [5, 5.41) is 9.27. The number of aryl methyl sites for hydroxylation is 1. The molecular formula is C19H19BrN4O3. The highest BCUT2D eigenvalue weighted by Crippen LogP contribution is 2.36. The number of carbonyl (C=O) groups is 2. The summed E-state index contributed by atoms with van der Waals surface area (Å²) >= 11 is 3.47. The minimum atomic E-state index is -0.580. The zero-order valence-electron chi connectivity index (χ0n) is 14.9. The first-order valence-electron chi connectivity index (χ1n) is 8.30. The van der Waals surface area contributed by atoms with Gasteiger partial charge in [0.05, 0.1) is 29.4 Å². The lowest BCUT2D eigenvalue weighted by Gasteiger charge is -2.14. The maximum Gasteiger partial charge on any atom is 0.325 e. The number of ether oxygens (including phenoxy) is 1. The zero-order valence-corrected chi connectivity index (χ0v) is 16.5. The third-order valence-electron chi connectivity index (χ3n) is 4.16. The minimum Gasteiger partial charge on any atom is -0.496 e. The second-order valence-corrected chi connectivity index (χ2v) is 6.83. The number of nitrogens with one attached hydrogen (secondary N) is 2. The van der Waals surface area contributed by atoms with E-state index in [0.29, 0.717) is 17.9 Å². The van der Waals surface area contributed by atoms with Crippen LogP contribution in [0, 0.1) is 5.92 Å². The maximum absolute atomic E-state index is 12.2. The van der Waals surface area contributed by atoms with Crippen molar-refractivity contribution in [1.29, 1.82) is 0 Å². The van der Waals surface area contributed by atoms with Crippen LogP contribution in [0.4, 0.5) is 10.5 Å². The highest BCUT2D eigenvalue weighted by Gasteiger charge is 2.19. The number of carbonyl (C=O) groups excluding carboxylic acids is 2. The highest BCUT2D eigenvalue weighted by molar-refractivity contribution is 9.10. The normalized spacial score (nSPS) is 15.4. The smallest absolute Gasteiger partial charge is 0.325 e. The number of methoxy groups -OCH3 is 1. The number of amides is 3. The number of nitrogens with zero attached hydrogens (tertiary/aromatic N) is 2. The summed E-state index contributed by atoms with van der Waals surface area (Å²) in [6, 6.07) is 4.65. The van der Waals surface area contributed by atoms with Crippen LogP contribution in [0.15, 0.2) is 53.2 Å². The molecular weight excluding hydrogens is 412 g/mol. The lowest BCUT2D eigenvalue weighted by atomic mass is 10.0. The van der Waals surface area contributed by atoms with Crippen molar-refractivity contribution in [2.45, 2.75) is 6.42 Å². The number of hydrogen-bond donors (Lipinski definition) is 2. The van der Waals surface area contributed by atoms with Gasteiger partial charge in [0.25, 0.3) is 0 Å². The van der Waals surface area contributed by atoms with Gasteiger partial charge in [-0.2, -0.15) is 5.10 Å². The summed E-state index contributed by atoms with van der Waals surface area (Å²) in [6.45, 7) is 0. The molecule has 0 saturated heterocycles. The van der Waals surface area contributed by atoms with Gasteiger partial charge in [-0.1, -0.05) is 24.3 Å². The molecule has 1 unspecified atom stereocenters. The molecule has 1 heterocycles. The molecule has 0 spiro atoms. The van der Waals surface area contributed by atoms with Gasteiger partial charge in [0.15, 0.2) is 0 Å². The summed E-state index contributed by atoms with van der Waals surface area (Å²) in [7, 11) is 3.39. The number of aromatic nitrogens is 2. The second-order valence-electron chi connectivity index (χ2n) is 5.98. The summed E-state index contributed by atoms with van der Waals surface area (Å²) in [6.07, 6.45) is 9.60. The molecule has 0 bridgehead atoms. The van der Waals surface area contributed by atoms with E-state index in [4.69, 9.17) is 4.74 Å². The monoisotopic (exact) mass is 430 g/mol. The quantitative estimate of drug-likeness (QED) is 0.774. The molecule has 2 aromatic rings. The molecule has 0 aliphatic heterocycles. The van der Waals surface area contributed by atoms with Crippen molar-refractivity contribution in [3.8, 4) is 17.0 Å². The summed E-state index contributed by atoms with van der Waals surface area (Å²) in [4.78, 5) is 24.4. The fourth-order valence-corrected chi connectivity index (χ4v) is 3.39. The van der Waals surface area contributed by atoms with E-state index in [1.165, 1.54) is 0 Å². The number of imide groups is 1. The molecule has 1 atom stereocenters. The number of allylic oxidation sites excluding steroid dienone is 3. The van der Waals surface area contributed by atoms with Crippen molar-refractivity contribution in [3.63, 3.8) is 0 Å². The Morgan fingerprint density at radius 1 is 1.33 bits per heavy atom. The van der Waals surface area contributed by atoms with Crippen LogP contribution in [-0.2, 0) is 11.8 Å². The summed E-state index contributed by atoms with van der Waals surface area (Å²) in [5.74, 6) is -0.0331. The van der Waals surface area contributed by atoms with Crippen molar-refractivity contribution in [2.75, 3.05) is 12.4 Å². The van der Waals surface area contributed by atoms with Gasteiger partial charge in [-0.15, -0.1) is 0 Å². The molecule has 3 amide bonds. The Hall–Kier alpha value is -2.87. The first kappa shape index (κ1) is 18.9. The van der Waals surface area contributed by atoms with Gasteiger partial charge in [-0.05, 0) is 40.5 Å². The highest BCUT2D eigenvalue weighted by atomic mass is 79.9. The van der Waals surface area contributed by atoms with Crippen LogP contribution in [0.25, 0.3) is 11.3 Å². The van der Waals surface area contributed by atoms with Crippen LogP contribution >= 0.6 is 15.9 Å². The van der Waals surface area contributed by atoms with Gasteiger partial charge in [0, 0.05) is 18.3 Å². The maximum atomic E-state index is 12.2. The molecule has 0 fully saturated rings. The van der Waals surface area contributed by atoms with Crippen LogP contribution in [0.1, 0.15) is 6.42 Å². The van der Waals surface area contributed by atoms with Gasteiger partial charge in [0.1, 0.15) is 5.75 Å². The van der Waals surface area contributed by atoms with Crippen molar-refractivity contribution in [3.05, 3.63) is 53.2 Å². The SMILES string of the molecule is COc1ccc(NC(=O)NC(=O)C2C=CC=CC2)cc1-c1c(Br)cnn1C. The van der Waals surface area contributed by atoms with Gasteiger partial charge < -0.3 is 10.1 Å². The molecule has 3 rings (SSSR count). The Labute approximate surface area is 165 Å². The van der Waals surface area contributed by atoms with E-state index in [1.54, 1.807) is 48.3 Å². The van der Waals surface area contributed by atoms with Crippen molar-refractivity contribution < 1.29 is 14.3 Å². The lowest BCUT2D eigenvalue weighted by Crippen LogP contribution is -2.38. The third-order valence-corrected chi connectivity index (χ3v) is 4.74. The molecule has 1 aliphatic carbocycles. The average molecular weight is 431 g/mol. The number of halogens is 1. The van der Waals surface area contributed by atoms with E-state index in [9.17, 15) is 9.59 Å². The van der Waals surface area contributed by atoms with Gasteiger partial charge >= 0.3 is 6.03 Å². The molecule has 1 aromatic carbocycles. The number of benzene rings is 1. The van der Waals surface area contributed by atoms with Crippen LogP contribution in [0.3, 0.4) is 0 Å². The Morgan fingerprint density at radius 2 is 2.15 bits per heavy atom. The van der Waals surface area contributed by atoms with Gasteiger partial charge in [-0.3, -0.25) is 14.8 Å². The zero-order chi connectivity index (χ0) is 19.4. The first-order chi connectivity index (χ1) is 13.0. The number of anilines is 1. The first-order valence-corrected chi connectivity index (χ1v) is 9.10. The molecule has 7 nitrogen and oxygen atoms in total. The fourth-order valence-electron chi connectivity index (χ4n) is 2.83. The summed E-state index contributed by atoms with van der Waals surface area (Å²) < 4.78 is 7.93. The third kappa shape index (κ3) is 4.28. The lowest BCUT2D eigenvalue weighted by molar-refractivity contribution is -0.122. The predicted molar refractivity (Wildman–Crippen MR) is 106 cm³/mol. The second kappa shape index (κ2) is 8.22. The van der Waals surface area contributed by atoms with E-state index in [2.05, 4.69) is 31.7 Å². The molecule has 1 aromatic heterocycles. The topological polar surface area (TPSA) is 85.2 Å². The van der Waals surface area contributed by atoms with Crippen LogP contribution in [0.2, 0.25) is 0 Å². The van der Waals surface area contributed by atoms with Crippen LogP contribution < -0.4 is 15.4 Å². The Balaban J connectivity index is 1.76. The van der Waals surface area contributed by atoms with Crippen molar-refractivity contribution in [1.82, 2.24) is 15.1 Å². The molecule has 140 valence electrons. The molecule has 8 heteroatoms. The molecule has 0 saturated carbocycles. The number of urea groups is 1. The van der Waals surface area contributed by atoms with Crippen molar-refractivity contribution >= 4 is 33.6 Å². The largest absolute Gasteiger partial charge is 0.496 e. The fraction of sp³-hybridized carbons (Fsp3) is 0.211. The van der Waals surface area contributed by atoms with Gasteiger partial charge in [0.2, 0.25) is 5.91 Å². The standard InChI is InChI=1S/C19H19BrN4O3/c1-24-17(15(20)11-21-24)14-10-13(8-9-16(14)27-2)22-19(26)23-18(25)12-6-4-3-5-7-12/h3-6,8-12H,7H2,1-2H3,(H2,22,23,25,26). The summed E-state index contributed by atoms with van der Waals surface area (Å²) in [5.41, 5.74) is 2.10. The minimum absolute atomic E-state index is 0.336. The number of rotatable bonds is 4. The Bertz CT molecular complexity index is 914. The average Bonchev–Trinajstić information content (AvgIpc) is 3.00. The molecule has 0 radical (unpaired) electrons. The molecule has 2 N–H and O–H groups in total. The van der Waals surface area contributed by atoms with Crippen LogP contribution in [0.5, 0.6) is 5.75 Å². The molecule has 27 heavy (non-hydrogen) atoms. The molecule has 1 aliphatic rings. The van der Waals surface area contributed by atoms with Crippen molar-refractivity contribution in [2.24, 2.45) is 13.0 Å². The van der Waals surface area contributed by atoms with E-state index in [-0.39, 0.29) is 11.8 Å². The van der Waals surface area contributed by atoms with E-state index in [1.807, 2.05) is 19.2 Å². The van der Waals surface area contributed by atoms with Gasteiger partial charge in [-0.25, -0.2) is 4.79 Å². The Kier molecular flexibility index (Phi) is 5.75.